The predicted molar refractivity (Wildman–Crippen MR) is 42.8 cm³/mol. The topological polar surface area (TPSA) is 27.7 Å². The van der Waals surface area contributed by atoms with E-state index in [2.05, 4.69) is 21.7 Å². The van der Waals surface area contributed by atoms with E-state index in [1.807, 2.05) is 0 Å². The summed E-state index contributed by atoms with van der Waals surface area (Å²) in [7, 11) is 3.08. The van der Waals surface area contributed by atoms with E-state index in [-0.39, 0.29) is 0 Å². The fourth-order valence-electron chi connectivity index (χ4n) is 0.324. The number of rotatable bonds is 5. The van der Waals surface area contributed by atoms with Gasteiger partial charge in [0.1, 0.15) is 0 Å². The van der Waals surface area contributed by atoms with Gasteiger partial charge in [0.15, 0.2) is 0 Å². The van der Waals surface area contributed by atoms with Crippen LogP contribution >= 0.6 is 6.19 Å². The molecule has 0 atom stereocenters. The van der Waals surface area contributed by atoms with Gasteiger partial charge < -0.3 is 0 Å². The van der Waals surface area contributed by atoms with Crippen molar-refractivity contribution in [1.82, 2.24) is 0 Å². The van der Waals surface area contributed by atoms with E-state index < -0.39 is 6.19 Å². The van der Waals surface area contributed by atoms with Gasteiger partial charge in [-0.3, -0.25) is 0 Å². The first-order valence-electron chi connectivity index (χ1n) is 2.65. The Labute approximate surface area is 68.8 Å². The maximum absolute atomic E-state index is 5.17. The van der Waals surface area contributed by atoms with Crippen molar-refractivity contribution in [3.8, 4) is 0 Å². The van der Waals surface area contributed by atoms with Crippen molar-refractivity contribution in [2.45, 2.75) is 0 Å². The molecule has 0 rings (SSSR count). The quantitative estimate of drug-likeness (QED) is 0.404. The first kappa shape index (κ1) is 10.6. The number of hydrogen-bond donors (Lipinski definition) is 0. The van der Waals surface area contributed by atoms with Crippen molar-refractivity contribution in [2.24, 2.45) is 0 Å². The summed E-state index contributed by atoms with van der Waals surface area (Å²) in [5.74, 6) is 0. The van der Waals surface area contributed by atoms with E-state index in [0.29, 0.717) is 6.61 Å². The molecule has 5 heteroatoms. The van der Waals surface area contributed by atoms with Crippen molar-refractivity contribution >= 4 is 21.3 Å². The van der Waals surface area contributed by atoms with Gasteiger partial charge >= 0.3 is 68.3 Å². The summed E-state index contributed by atoms with van der Waals surface area (Å²) in [5.41, 5.74) is 0. The fourth-order valence-corrected chi connectivity index (χ4v) is 1.35. The van der Waals surface area contributed by atoms with Crippen LogP contribution < -0.4 is 0 Å². The minimum atomic E-state index is -2.14. The van der Waals surface area contributed by atoms with E-state index in [4.69, 9.17) is 13.6 Å². The van der Waals surface area contributed by atoms with Gasteiger partial charge in [-0.25, -0.2) is 0 Å². The molecule has 3 nitrogen and oxygen atoms in total. The van der Waals surface area contributed by atoms with Gasteiger partial charge in [-0.2, -0.15) is 0 Å². The van der Waals surface area contributed by atoms with Crippen LogP contribution in [0.5, 0.6) is 0 Å². The van der Waals surface area contributed by atoms with Gasteiger partial charge in [-0.1, -0.05) is 0 Å². The molecule has 0 radical (unpaired) electrons. The maximum atomic E-state index is 5.17. The van der Waals surface area contributed by atoms with Crippen molar-refractivity contribution in [3.05, 3.63) is 12.7 Å². The Kier molecular flexibility index (Phi) is 5.55. The molecule has 60 valence electrons. The summed E-state index contributed by atoms with van der Waals surface area (Å²) in [4.78, 5) is 0. The van der Waals surface area contributed by atoms with Crippen LogP contribution in [0.3, 0.4) is 0 Å². The Morgan fingerprint density at radius 1 is 1.50 bits per heavy atom. The molecule has 10 heavy (non-hydrogen) atoms. The molecule has 0 bridgehead atoms. The molecule has 0 saturated carbocycles. The van der Waals surface area contributed by atoms with E-state index in [9.17, 15) is 0 Å². The molecule has 0 aromatic rings. The third-order valence-corrected chi connectivity index (χ3v) is 4.70. The third kappa shape index (κ3) is 3.67. The second kappa shape index (κ2) is 5.25. The predicted octanol–water partition coefficient (Wildman–Crippen LogP) is 1.33. The Morgan fingerprint density at radius 3 is 2.30 bits per heavy atom. The van der Waals surface area contributed by atoms with Gasteiger partial charge in [0.2, 0.25) is 0 Å². The standard InChI is InChI=1S/C5H11O3PSe/c1-4-5-8-9(10,6-2)7-3/h4H,1,5H2,2-3H3. The van der Waals surface area contributed by atoms with Gasteiger partial charge in [0, 0.05) is 0 Å². The molecular formula is C5H11O3PSe. The normalized spacial score (nSPS) is 11.4. The molecule has 0 N–H and O–H groups in total. The van der Waals surface area contributed by atoms with Crippen LogP contribution in [0.15, 0.2) is 12.7 Å². The molecule has 0 aromatic heterocycles. The van der Waals surface area contributed by atoms with E-state index in [1.165, 1.54) is 14.2 Å². The molecule has 0 aliphatic heterocycles. The first-order chi connectivity index (χ1) is 4.68. The second-order valence-corrected chi connectivity index (χ2v) is 6.09. The van der Waals surface area contributed by atoms with E-state index in [0.717, 1.165) is 0 Å². The zero-order valence-electron chi connectivity index (χ0n) is 6.07. The fraction of sp³-hybridized carbons (Fsp3) is 0.600. The Morgan fingerprint density at radius 2 is 2.00 bits per heavy atom. The average Bonchev–Trinajstić information content (AvgIpc) is 2.00. The summed E-state index contributed by atoms with van der Waals surface area (Å²) in [6.45, 7) is 3.93. The van der Waals surface area contributed by atoms with Gasteiger partial charge in [0.25, 0.3) is 0 Å². The van der Waals surface area contributed by atoms with Crippen LogP contribution in [0, 0.1) is 0 Å². The summed E-state index contributed by atoms with van der Waals surface area (Å²) in [6, 6.07) is 0. The second-order valence-electron chi connectivity index (χ2n) is 1.40. The monoisotopic (exact) mass is 230 g/mol. The molecule has 0 unspecified atom stereocenters. The van der Waals surface area contributed by atoms with Crippen LogP contribution in [0.4, 0.5) is 0 Å². The van der Waals surface area contributed by atoms with Crippen LogP contribution in [0.25, 0.3) is 0 Å². The Bertz CT molecular complexity index is 140. The van der Waals surface area contributed by atoms with Gasteiger partial charge in [-0.05, 0) is 0 Å². The SMILES string of the molecule is C=CCOP(=[Se])(OC)OC. The summed E-state index contributed by atoms with van der Waals surface area (Å²) >= 11 is 2.72. The molecular weight excluding hydrogens is 218 g/mol. The van der Waals surface area contributed by atoms with E-state index >= 15 is 0 Å². The molecule has 0 aromatic carbocycles. The molecule has 0 fully saturated rings. The summed E-state index contributed by atoms with van der Waals surface area (Å²) < 4.78 is 15.1. The Balaban J connectivity index is 3.81. The van der Waals surface area contributed by atoms with Gasteiger partial charge in [-0.15, -0.1) is 0 Å². The third-order valence-electron chi connectivity index (χ3n) is 0.798. The van der Waals surface area contributed by atoms with Crippen molar-refractivity contribution in [1.29, 1.82) is 0 Å². The molecule has 0 aliphatic rings. The average molecular weight is 229 g/mol. The molecule has 0 saturated heterocycles. The zero-order valence-corrected chi connectivity index (χ0v) is 8.68. The van der Waals surface area contributed by atoms with Crippen LogP contribution in [0.2, 0.25) is 0 Å². The molecule has 0 spiro atoms. The van der Waals surface area contributed by atoms with Crippen LogP contribution in [0.1, 0.15) is 0 Å². The molecule has 0 aliphatic carbocycles. The van der Waals surface area contributed by atoms with Crippen LogP contribution in [-0.4, -0.2) is 35.9 Å². The first-order valence-corrected chi connectivity index (χ1v) is 6.41. The van der Waals surface area contributed by atoms with Crippen molar-refractivity contribution in [3.63, 3.8) is 0 Å². The molecule has 0 heterocycles. The summed E-state index contributed by atoms with van der Waals surface area (Å²) in [5, 5.41) is 0. The van der Waals surface area contributed by atoms with E-state index in [1.54, 1.807) is 6.08 Å². The zero-order chi connectivity index (χ0) is 8.04. The van der Waals surface area contributed by atoms with Gasteiger partial charge in [0.05, 0.1) is 0 Å². The molecule has 0 amide bonds. The number of hydrogen-bond acceptors (Lipinski definition) is 3. The van der Waals surface area contributed by atoms with Crippen molar-refractivity contribution < 1.29 is 13.6 Å². The Hall–Kier alpha value is 0.569. The van der Waals surface area contributed by atoms with Crippen molar-refractivity contribution in [2.75, 3.05) is 20.8 Å². The minimum absolute atomic E-state index is 0.433. The van der Waals surface area contributed by atoms with Crippen LogP contribution in [-0.2, 0) is 13.6 Å². The summed E-state index contributed by atoms with van der Waals surface area (Å²) in [6.07, 6.45) is -0.501.